The fourth-order valence-corrected chi connectivity index (χ4v) is 2.93. The second kappa shape index (κ2) is 8.41. The highest BCUT2D eigenvalue weighted by Crippen LogP contribution is 2.18. The normalized spacial score (nSPS) is 10.7. The number of quaternary nitrogens is 1. The maximum atomic E-state index is 13.9. The highest BCUT2D eigenvalue weighted by Gasteiger charge is 2.19. The van der Waals surface area contributed by atoms with Crippen LogP contribution in [0.15, 0.2) is 78.9 Å². The third-order valence-electron chi connectivity index (χ3n) is 4.26. The number of benzene rings is 3. The summed E-state index contributed by atoms with van der Waals surface area (Å²) in [5.74, 6) is -0.648. The van der Waals surface area contributed by atoms with Gasteiger partial charge in [-0.2, -0.15) is 0 Å². The third kappa shape index (κ3) is 4.55. The van der Waals surface area contributed by atoms with Gasteiger partial charge in [-0.25, -0.2) is 4.39 Å². The first-order chi connectivity index (χ1) is 12.6. The average molecular weight is 349 g/mol. The van der Waals surface area contributed by atoms with Crippen LogP contribution in [0, 0.1) is 12.7 Å². The molecular formula is C22H22FN2O+. The molecule has 3 aromatic rings. The quantitative estimate of drug-likeness (QED) is 0.704. The van der Waals surface area contributed by atoms with Crippen molar-refractivity contribution in [2.75, 3.05) is 11.9 Å². The monoisotopic (exact) mass is 349 g/mol. The molecule has 26 heavy (non-hydrogen) atoms. The van der Waals surface area contributed by atoms with Crippen molar-refractivity contribution in [2.24, 2.45) is 0 Å². The van der Waals surface area contributed by atoms with Crippen molar-refractivity contribution in [3.8, 4) is 0 Å². The van der Waals surface area contributed by atoms with Crippen LogP contribution in [0.4, 0.5) is 10.1 Å². The van der Waals surface area contributed by atoms with Gasteiger partial charge in [0.05, 0.1) is 5.69 Å². The van der Waals surface area contributed by atoms with Gasteiger partial charge in [-0.15, -0.1) is 0 Å². The van der Waals surface area contributed by atoms with Crippen molar-refractivity contribution in [2.45, 2.75) is 13.0 Å². The second-order valence-electron chi connectivity index (χ2n) is 6.27. The lowest BCUT2D eigenvalue weighted by Crippen LogP contribution is -2.87. The highest BCUT2D eigenvalue weighted by molar-refractivity contribution is 5.91. The molecule has 0 aliphatic heterocycles. The van der Waals surface area contributed by atoms with E-state index < -0.39 is 5.82 Å². The second-order valence-corrected chi connectivity index (χ2v) is 6.27. The Bertz CT molecular complexity index is 826. The highest BCUT2D eigenvalue weighted by atomic mass is 19.1. The zero-order valence-electron chi connectivity index (χ0n) is 14.7. The summed E-state index contributed by atoms with van der Waals surface area (Å²) in [6.07, 6.45) is 0. The molecular weight excluding hydrogens is 327 g/mol. The standard InChI is InChI=1S/C22H21FN2O/c1-16-12-13-20(19(23)14-16)25-21(26)15-24-22(17-8-4-2-5-9-17)18-10-6-3-7-11-18/h2-14,22,24H,15H2,1H3,(H,25,26)/p+1. The first kappa shape index (κ1) is 17.8. The summed E-state index contributed by atoms with van der Waals surface area (Å²) < 4.78 is 13.9. The summed E-state index contributed by atoms with van der Waals surface area (Å²) >= 11 is 0. The van der Waals surface area contributed by atoms with Crippen molar-refractivity contribution in [1.82, 2.24) is 0 Å². The molecule has 0 spiro atoms. The number of amides is 1. The molecule has 3 N–H and O–H groups in total. The SMILES string of the molecule is Cc1ccc(NC(=O)C[NH2+]C(c2ccccc2)c2ccccc2)c(F)c1. The summed E-state index contributed by atoms with van der Waals surface area (Å²) in [6.45, 7) is 2.01. The van der Waals surface area contributed by atoms with Crippen molar-refractivity contribution in [3.05, 3.63) is 101 Å². The third-order valence-corrected chi connectivity index (χ3v) is 4.26. The Labute approximate surface area is 152 Å². The van der Waals surface area contributed by atoms with Gasteiger partial charge in [0, 0.05) is 11.1 Å². The van der Waals surface area contributed by atoms with E-state index >= 15 is 0 Å². The molecule has 0 aromatic heterocycles. The van der Waals surface area contributed by atoms with Crippen molar-refractivity contribution in [3.63, 3.8) is 0 Å². The van der Waals surface area contributed by atoms with Crippen LogP contribution < -0.4 is 10.6 Å². The molecule has 0 radical (unpaired) electrons. The van der Waals surface area contributed by atoms with Gasteiger partial charge in [0.1, 0.15) is 11.9 Å². The molecule has 0 heterocycles. The van der Waals surface area contributed by atoms with Crippen LogP contribution in [-0.2, 0) is 4.79 Å². The zero-order chi connectivity index (χ0) is 18.4. The molecule has 1 amide bonds. The fourth-order valence-electron chi connectivity index (χ4n) is 2.93. The lowest BCUT2D eigenvalue weighted by molar-refractivity contribution is -0.676. The number of nitrogens with two attached hydrogens (primary N) is 1. The minimum Gasteiger partial charge on any atom is -0.328 e. The molecule has 3 nitrogen and oxygen atoms in total. The lowest BCUT2D eigenvalue weighted by atomic mass is 9.99. The molecule has 3 rings (SSSR count). The predicted octanol–water partition coefficient (Wildman–Crippen LogP) is 3.43. The molecule has 0 aliphatic carbocycles. The number of hydrogen-bond acceptors (Lipinski definition) is 1. The number of rotatable bonds is 6. The van der Waals surface area contributed by atoms with Crippen molar-refractivity contribution >= 4 is 11.6 Å². The van der Waals surface area contributed by atoms with E-state index in [2.05, 4.69) is 5.32 Å². The van der Waals surface area contributed by atoms with Gasteiger partial charge in [-0.3, -0.25) is 4.79 Å². The Morgan fingerprint density at radius 2 is 1.54 bits per heavy atom. The van der Waals surface area contributed by atoms with Crippen LogP contribution in [0.25, 0.3) is 0 Å². The number of halogens is 1. The Morgan fingerprint density at radius 3 is 2.08 bits per heavy atom. The molecule has 3 aromatic carbocycles. The number of anilines is 1. The summed E-state index contributed by atoms with van der Waals surface area (Å²) in [6, 6.07) is 24.9. The van der Waals surface area contributed by atoms with Gasteiger partial charge < -0.3 is 10.6 Å². The van der Waals surface area contributed by atoms with Crippen molar-refractivity contribution < 1.29 is 14.5 Å². The van der Waals surface area contributed by atoms with E-state index in [1.165, 1.54) is 6.07 Å². The van der Waals surface area contributed by atoms with Crippen LogP contribution in [0.2, 0.25) is 0 Å². The number of carbonyl (C=O) groups is 1. The summed E-state index contributed by atoms with van der Waals surface area (Å²) in [5, 5.41) is 4.61. The molecule has 132 valence electrons. The van der Waals surface area contributed by atoms with Crippen LogP contribution >= 0.6 is 0 Å². The van der Waals surface area contributed by atoms with Crippen LogP contribution in [-0.4, -0.2) is 12.5 Å². The van der Waals surface area contributed by atoms with Gasteiger partial charge in [0.2, 0.25) is 0 Å². The van der Waals surface area contributed by atoms with Gasteiger partial charge in [-0.05, 0) is 24.6 Å². The van der Waals surface area contributed by atoms with Crippen LogP contribution in [0.1, 0.15) is 22.7 Å². The van der Waals surface area contributed by atoms with Gasteiger partial charge >= 0.3 is 0 Å². The van der Waals surface area contributed by atoms with Crippen LogP contribution in [0.3, 0.4) is 0 Å². The van der Waals surface area contributed by atoms with E-state index in [1.807, 2.05) is 72.9 Å². The average Bonchev–Trinajstić information content (AvgIpc) is 2.66. The van der Waals surface area contributed by atoms with Gasteiger partial charge in [0.15, 0.2) is 6.54 Å². The minimum absolute atomic E-state index is 0.00557. The topological polar surface area (TPSA) is 45.7 Å². The van der Waals surface area contributed by atoms with E-state index in [0.717, 1.165) is 16.7 Å². The smallest absolute Gasteiger partial charge is 0.279 e. The number of nitrogens with one attached hydrogen (secondary N) is 1. The number of aryl methyl sites for hydroxylation is 1. The molecule has 0 aliphatic rings. The van der Waals surface area contributed by atoms with Crippen LogP contribution in [0.5, 0.6) is 0 Å². The van der Waals surface area contributed by atoms with E-state index in [0.29, 0.717) is 0 Å². The molecule has 4 heteroatoms. The zero-order valence-corrected chi connectivity index (χ0v) is 14.7. The van der Waals surface area contributed by atoms with E-state index in [1.54, 1.807) is 12.1 Å². The fraction of sp³-hybridized carbons (Fsp3) is 0.136. The molecule has 0 atom stereocenters. The molecule has 0 saturated heterocycles. The predicted molar refractivity (Wildman–Crippen MR) is 101 cm³/mol. The van der Waals surface area contributed by atoms with E-state index in [9.17, 15) is 9.18 Å². The molecule has 0 fully saturated rings. The first-order valence-electron chi connectivity index (χ1n) is 8.62. The van der Waals surface area contributed by atoms with Crippen molar-refractivity contribution in [1.29, 1.82) is 0 Å². The van der Waals surface area contributed by atoms with Gasteiger partial charge in [0.25, 0.3) is 5.91 Å². The van der Waals surface area contributed by atoms with E-state index in [-0.39, 0.29) is 24.2 Å². The Balaban J connectivity index is 1.71. The Kier molecular flexibility index (Phi) is 5.77. The molecule has 0 saturated carbocycles. The Hall–Kier alpha value is -2.98. The summed E-state index contributed by atoms with van der Waals surface area (Å²) in [7, 11) is 0. The van der Waals surface area contributed by atoms with E-state index in [4.69, 9.17) is 0 Å². The summed E-state index contributed by atoms with van der Waals surface area (Å²) in [4.78, 5) is 12.3. The lowest BCUT2D eigenvalue weighted by Gasteiger charge is -2.16. The minimum atomic E-state index is -0.416. The largest absolute Gasteiger partial charge is 0.328 e. The number of carbonyl (C=O) groups excluding carboxylic acids is 1. The maximum absolute atomic E-state index is 13.9. The molecule has 0 bridgehead atoms. The molecule has 0 unspecified atom stereocenters. The van der Waals surface area contributed by atoms with Gasteiger partial charge in [-0.1, -0.05) is 66.7 Å². The maximum Gasteiger partial charge on any atom is 0.279 e. The first-order valence-corrected chi connectivity index (χ1v) is 8.62. The Morgan fingerprint density at radius 1 is 0.962 bits per heavy atom. The number of hydrogen-bond donors (Lipinski definition) is 2. The summed E-state index contributed by atoms with van der Waals surface area (Å²) in [5.41, 5.74) is 3.27.